The summed E-state index contributed by atoms with van der Waals surface area (Å²) in [5, 5.41) is 17.6. The third kappa shape index (κ3) is 4.30. The standard InChI is InChI=1S/C14H20N4OS/c1-18(9-12-4-2-3-6-16-12)10-13(19)17-14-11(8-15)5-7-20-14/h5,7,12,16H,2-4,6,9-10H2,1H3,(H,17,19). The Kier molecular flexibility index (Phi) is 5.53. The number of anilines is 1. The third-order valence-corrected chi connectivity index (χ3v) is 4.23. The molecule has 6 heteroatoms. The maximum Gasteiger partial charge on any atom is 0.239 e. The lowest BCUT2D eigenvalue weighted by molar-refractivity contribution is -0.117. The monoisotopic (exact) mass is 292 g/mol. The minimum Gasteiger partial charge on any atom is -0.315 e. The zero-order valence-corrected chi connectivity index (χ0v) is 12.5. The van der Waals surface area contributed by atoms with Crippen molar-refractivity contribution in [2.75, 3.05) is 32.0 Å². The first-order valence-corrected chi connectivity index (χ1v) is 7.76. The van der Waals surface area contributed by atoms with Crippen molar-refractivity contribution in [2.45, 2.75) is 25.3 Å². The second-order valence-corrected chi connectivity index (χ2v) is 6.08. The summed E-state index contributed by atoms with van der Waals surface area (Å²) in [6.45, 7) is 2.30. The fourth-order valence-corrected chi connectivity index (χ4v) is 3.18. The van der Waals surface area contributed by atoms with Crippen LogP contribution in [0.15, 0.2) is 11.4 Å². The van der Waals surface area contributed by atoms with Crippen LogP contribution in [0.3, 0.4) is 0 Å². The number of likely N-dealkylation sites (N-methyl/N-ethyl adjacent to an activating group) is 1. The summed E-state index contributed by atoms with van der Waals surface area (Å²) < 4.78 is 0. The molecular formula is C14H20N4OS. The summed E-state index contributed by atoms with van der Waals surface area (Å²) in [4.78, 5) is 14.0. The highest BCUT2D eigenvalue weighted by Crippen LogP contribution is 2.21. The normalized spacial score (nSPS) is 18.8. The van der Waals surface area contributed by atoms with Crippen LogP contribution in [0, 0.1) is 11.3 Å². The first-order chi connectivity index (χ1) is 9.69. The van der Waals surface area contributed by atoms with Gasteiger partial charge in [-0.15, -0.1) is 11.3 Å². The second-order valence-electron chi connectivity index (χ2n) is 5.17. The summed E-state index contributed by atoms with van der Waals surface area (Å²) >= 11 is 1.38. The molecule has 0 aromatic carbocycles. The van der Waals surface area contributed by atoms with Gasteiger partial charge in [-0.05, 0) is 37.9 Å². The van der Waals surface area contributed by atoms with Crippen LogP contribution in [0.5, 0.6) is 0 Å². The van der Waals surface area contributed by atoms with E-state index in [2.05, 4.69) is 16.7 Å². The Labute approximate surface area is 123 Å². The Bertz CT molecular complexity index is 488. The van der Waals surface area contributed by atoms with E-state index < -0.39 is 0 Å². The topological polar surface area (TPSA) is 68.2 Å². The molecule has 1 aliphatic rings. The smallest absolute Gasteiger partial charge is 0.239 e. The van der Waals surface area contributed by atoms with Gasteiger partial charge < -0.3 is 10.6 Å². The lowest BCUT2D eigenvalue weighted by Crippen LogP contribution is -2.44. The molecule has 5 nitrogen and oxygen atoms in total. The lowest BCUT2D eigenvalue weighted by Gasteiger charge is -2.27. The zero-order valence-electron chi connectivity index (χ0n) is 11.7. The molecule has 1 atom stereocenters. The predicted molar refractivity (Wildman–Crippen MR) is 80.8 cm³/mol. The first-order valence-electron chi connectivity index (χ1n) is 6.88. The van der Waals surface area contributed by atoms with Gasteiger partial charge in [0.2, 0.25) is 5.91 Å². The van der Waals surface area contributed by atoms with Crippen molar-refractivity contribution in [2.24, 2.45) is 0 Å². The van der Waals surface area contributed by atoms with E-state index in [1.54, 1.807) is 6.07 Å². The summed E-state index contributed by atoms with van der Waals surface area (Å²) in [6.07, 6.45) is 3.68. The number of thiophene rings is 1. The number of nitrogens with zero attached hydrogens (tertiary/aromatic N) is 2. The van der Waals surface area contributed by atoms with Gasteiger partial charge in [0.15, 0.2) is 0 Å². The van der Waals surface area contributed by atoms with Gasteiger partial charge in [0, 0.05) is 12.6 Å². The number of rotatable bonds is 5. The van der Waals surface area contributed by atoms with E-state index in [4.69, 9.17) is 5.26 Å². The number of hydrogen-bond acceptors (Lipinski definition) is 5. The third-order valence-electron chi connectivity index (χ3n) is 3.40. The van der Waals surface area contributed by atoms with Crippen LogP contribution in [0.2, 0.25) is 0 Å². The second kappa shape index (κ2) is 7.39. The molecule has 0 bridgehead atoms. The van der Waals surface area contributed by atoms with Crippen molar-refractivity contribution in [1.82, 2.24) is 10.2 Å². The SMILES string of the molecule is CN(CC(=O)Nc1sccc1C#N)CC1CCCCN1. The summed E-state index contributed by atoms with van der Waals surface area (Å²) in [5.74, 6) is -0.0674. The van der Waals surface area contributed by atoms with E-state index in [0.29, 0.717) is 23.2 Å². The highest BCUT2D eigenvalue weighted by Gasteiger charge is 2.16. The van der Waals surface area contributed by atoms with Crippen LogP contribution in [-0.4, -0.2) is 43.5 Å². The molecule has 20 heavy (non-hydrogen) atoms. The molecule has 1 amide bonds. The van der Waals surface area contributed by atoms with Crippen molar-refractivity contribution in [3.8, 4) is 6.07 Å². The van der Waals surface area contributed by atoms with Gasteiger partial charge in [0.1, 0.15) is 11.1 Å². The van der Waals surface area contributed by atoms with E-state index in [1.165, 1.54) is 30.6 Å². The molecule has 2 heterocycles. The average Bonchev–Trinajstić information content (AvgIpc) is 2.86. The fraction of sp³-hybridized carbons (Fsp3) is 0.571. The van der Waals surface area contributed by atoms with Crippen LogP contribution in [0.1, 0.15) is 24.8 Å². The van der Waals surface area contributed by atoms with Crippen molar-refractivity contribution in [3.63, 3.8) is 0 Å². The largest absolute Gasteiger partial charge is 0.315 e. The molecule has 0 aliphatic carbocycles. The van der Waals surface area contributed by atoms with Crippen molar-refractivity contribution in [3.05, 3.63) is 17.0 Å². The molecule has 0 radical (unpaired) electrons. The molecule has 2 rings (SSSR count). The average molecular weight is 292 g/mol. The quantitative estimate of drug-likeness (QED) is 0.865. The maximum atomic E-state index is 12.0. The Balaban J connectivity index is 1.77. The van der Waals surface area contributed by atoms with Gasteiger partial charge in [-0.3, -0.25) is 9.69 Å². The molecule has 0 saturated carbocycles. The summed E-state index contributed by atoms with van der Waals surface area (Å²) in [7, 11) is 1.95. The molecule has 1 aromatic rings. The highest BCUT2D eigenvalue weighted by atomic mass is 32.1. The summed E-state index contributed by atoms with van der Waals surface area (Å²) in [5.41, 5.74) is 0.528. The van der Waals surface area contributed by atoms with Crippen LogP contribution in [-0.2, 0) is 4.79 Å². The van der Waals surface area contributed by atoms with E-state index >= 15 is 0 Å². The van der Waals surface area contributed by atoms with Gasteiger partial charge >= 0.3 is 0 Å². The predicted octanol–water partition coefficient (Wildman–Crippen LogP) is 1.63. The molecule has 1 fully saturated rings. The lowest BCUT2D eigenvalue weighted by atomic mass is 10.0. The van der Waals surface area contributed by atoms with Crippen LogP contribution >= 0.6 is 11.3 Å². The summed E-state index contributed by atoms with van der Waals surface area (Å²) in [6, 6.07) is 4.27. The van der Waals surface area contributed by atoms with Gasteiger partial charge in [0.05, 0.1) is 12.1 Å². The Morgan fingerprint density at radius 1 is 1.65 bits per heavy atom. The minimum atomic E-state index is -0.0674. The number of carbonyl (C=O) groups is 1. The van der Waals surface area contributed by atoms with Crippen LogP contribution < -0.4 is 10.6 Å². The Morgan fingerprint density at radius 3 is 3.20 bits per heavy atom. The zero-order chi connectivity index (χ0) is 14.4. The van der Waals surface area contributed by atoms with E-state index in [1.807, 2.05) is 17.3 Å². The number of nitrogens with one attached hydrogen (secondary N) is 2. The number of carbonyl (C=O) groups excluding carboxylic acids is 1. The van der Waals surface area contributed by atoms with Gasteiger partial charge in [-0.25, -0.2) is 0 Å². The molecule has 1 aliphatic heterocycles. The highest BCUT2D eigenvalue weighted by molar-refractivity contribution is 7.14. The Hall–Kier alpha value is -1.42. The number of hydrogen-bond donors (Lipinski definition) is 2. The van der Waals surface area contributed by atoms with Crippen LogP contribution in [0.4, 0.5) is 5.00 Å². The molecule has 1 unspecified atom stereocenters. The van der Waals surface area contributed by atoms with Crippen molar-refractivity contribution < 1.29 is 4.79 Å². The first kappa shape index (κ1) is 15.0. The molecule has 108 valence electrons. The van der Waals surface area contributed by atoms with E-state index in [-0.39, 0.29) is 5.91 Å². The van der Waals surface area contributed by atoms with Gasteiger partial charge in [-0.1, -0.05) is 6.42 Å². The maximum absolute atomic E-state index is 12.0. The molecule has 1 saturated heterocycles. The Morgan fingerprint density at radius 2 is 2.50 bits per heavy atom. The van der Waals surface area contributed by atoms with Crippen LogP contribution in [0.25, 0.3) is 0 Å². The number of nitriles is 1. The van der Waals surface area contributed by atoms with E-state index in [9.17, 15) is 4.79 Å². The van der Waals surface area contributed by atoms with Crippen molar-refractivity contribution >= 4 is 22.2 Å². The molecule has 1 aromatic heterocycles. The number of piperidine rings is 1. The fourth-order valence-electron chi connectivity index (χ4n) is 2.43. The van der Waals surface area contributed by atoms with Gasteiger partial charge in [-0.2, -0.15) is 5.26 Å². The molecule has 0 spiro atoms. The minimum absolute atomic E-state index is 0.0674. The molecular weight excluding hydrogens is 272 g/mol. The van der Waals surface area contributed by atoms with Crippen molar-refractivity contribution in [1.29, 1.82) is 5.26 Å². The van der Waals surface area contributed by atoms with Gasteiger partial charge in [0.25, 0.3) is 0 Å². The number of amides is 1. The molecule has 2 N–H and O–H groups in total. The van der Waals surface area contributed by atoms with E-state index in [0.717, 1.165) is 13.1 Å².